The van der Waals surface area contributed by atoms with E-state index in [9.17, 15) is 14.7 Å². The fourth-order valence-electron chi connectivity index (χ4n) is 5.26. The van der Waals surface area contributed by atoms with Crippen molar-refractivity contribution in [3.05, 3.63) is 88.5 Å². The molecule has 8 heteroatoms. The lowest BCUT2D eigenvalue weighted by Gasteiger charge is -2.23. The Kier molecular flexibility index (Phi) is 6.14. The van der Waals surface area contributed by atoms with Crippen LogP contribution < -0.4 is 14.4 Å². The number of carbonyl (C=O) groups excluding carboxylic acids is 2. The summed E-state index contributed by atoms with van der Waals surface area (Å²) in [4.78, 5) is 33.3. The van der Waals surface area contributed by atoms with Gasteiger partial charge in [-0.2, -0.15) is 0 Å². The number of ketones is 1. The summed E-state index contributed by atoms with van der Waals surface area (Å²) in [7, 11) is 1.59. The lowest BCUT2D eigenvalue weighted by atomic mass is 9.93. The molecule has 2 atom stereocenters. The Labute approximate surface area is 230 Å². The minimum Gasteiger partial charge on any atom is -0.507 e. The van der Waals surface area contributed by atoms with E-state index in [0.717, 1.165) is 27.1 Å². The van der Waals surface area contributed by atoms with Gasteiger partial charge < -0.3 is 14.6 Å². The first kappa shape index (κ1) is 25.1. The number of methoxy groups -OCH3 is 1. The molecule has 0 spiro atoms. The number of Topliss-reactive ketones (excluding diaryl/α,β-unsaturated/α-hetero) is 1. The van der Waals surface area contributed by atoms with Crippen LogP contribution in [0.5, 0.6) is 11.5 Å². The zero-order valence-corrected chi connectivity index (χ0v) is 22.9. The Morgan fingerprint density at radius 1 is 1.10 bits per heavy atom. The lowest BCUT2D eigenvalue weighted by Crippen LogP contribution is -2.29. The molecule has 0 unspecified atom stereocenters. The van der Waals surface area contributed by atoms with Crippen molar-refractivity contribution < 1.29 is 24.2 Å². The van der Waals surface area contributed by atoms with E-state index in [1.165, 1.54) is 16.2 Å². The topological polar surface area (TPSA) is 89.0 Å². The molecule has 3 heterocycles. The molecule has 1 amide bonds. The summed E-state index contributed by atoms with van der Waals surface area (Å²) in [6.07, 6.45) is 0.750. The predicted octanol–water partition coefficient (Wildman–Crippen LogP) is 6.38. The van der Waals surface area contributed by atoms with Crippen molar-refractivity contribution in [1.82, 2.24) is 4.98 Å². The summed E-state index contributed by atoms with van der Waals surface area (Å²) in [6.45, 7) is 6.20. The van der Waals surface area contributed by atoms with Gasteiger partial charge in [0.05, 0.1) is 28.9 Å². The summed E-state index contributed by atoms with van der Waals surface area (Å²) in [5, 5.41) is 11.9. The standard InChI is InChI=1S/C31H28N2O5S/c1-16(2)18-5-7-19(8-6-18)27-26(28(34)20-9-12-24-21(14-20)13-17(3)38-24)29(35)30(36)33(27)31-32-23-11-10-22(37-4)15-25(23)39-31/h5-12,14-17,27,34H,13H2,1-4H3/t17-,27-/m0/s1. The third-order valence-corrected chi connectivity index (χ3v) is 8.34. The lowest BCUT2D eigenvalue weighted by molar-refractivity contribution is -0.132. The molecule has 3 aromatic carbocycles. The Balaban J connectivity index is 1.52. The van der Waals surface area contributed by atoms with E-state index >= 15 is 0 Å². The molecule has 1 aromatic heterocycles. The van der Waals surface area contributed by atoms with Gasteiger partial charge in [-0.15, -0.1) is 0 Å². The third-order valence-electron chi connectivity index (χ3n) is 7.32. The number of anilines is 1. The van der Waals surface area contributed by atoms with E-state index in [1.54, 1.807) is 25.3 Å². The maximum atomic E-state index is 13.6. The van der Waals surface area contributed by atoms with Crippen molar-refractivity contribution in [2.75, 3.05) is 12.0 Å². The zero-order chi connectivity index (χ0) is 27.4. The van der Waals surface area contributed by atoms with Crippen molar-refractivity contribution in [2.45, 2.75) is 45.3 Å². The first-order valence-electron chi connectivity index (χ1n) is 12.9. The van der Waals surface area contributed by atoms with E-state index in [2.05, 4.69) is 13.8 Å². The van der Waals surface area contributed by atoms with Crippen molar-refractivity contribution >= 4 is 44.1 Å². The molecule has 2 aliphatic rings. The van der Waals surface area contributed by atoms with Gasteiger partial charge in [-0.3, -0.25) is 14.5 Å². The van der Waals surface area contributed by atoms with Crippen LogP contribution in [0.1, 0.15) is 55.0 Å². The summed E-state index contributed by atoms with van der Waals surface area (Å²) >= 11 is 1.30. The molecule has 7 nitrogen and oxygen atoms in total. The molecule has 0 radical (unpaired) electrons. The number of rotatable bonds is 5. The average molecular weight is 541 g/mol. The van der Waals surface area contributed by atoms with Gasteiger partial charge in [-0.05, 0) is 65.9 Å². The van der Waals surface area contributed by atoms with Gasteiger partial charge in [0, 0.05) is 12.0 Å². The van der Waals surface area contributed by atoms with Gasteiger partial charge in [-0.25, -0.2) is 4.98 Å². The van der Waals surface area contributed by atoms with Crippen LogP contribution in [0, 0.1) is 0 Å². The number of hydrogen-bond donors (Lipinski definition) is 1. The maximum Gasteiger partial charge on any atom is 0.301 e. The second-order valence-electron chi connectivity index (χ2n) is 10.3. The van der Waals surface area contributed by atoms with E-state index < -0.39 is 17.7 Å². The third kappa shape index (κ3) is 4.25. The Morgan fingerprint density at radius 3 is 2.59 bits per heavy atom. The molecule has 1 N–H and O–H groups in total. The summed E-state index contributed by atoms with van der Waals surface area (Å²) < 4.78 is 12.0. The maximum absolute atomic E-state index is 13.6. The number of aliphatic hydroxyl groups excluding tert-OH is 1. The van der Waals surface area contributed by atoms with Crippen LogP contribution in [0.3, 0.4) is 0 Å². The van der Waals surface area contributed by atoms with Crippen molar-refractivity contribution in [2.24, 2.45) is 0 Å². The molecule has 6 rings (SSSR count). The fourth-order valence-corrected chi connectivity index (χ4v) is 6.28. The fraction of sp³-hybridized carbons (Fsp3) is 0.258. The van der Waals surface area contributed by atoms with Gasteiger partial charge in [0.25, 0.3) is 5.78 Å². The van der Waals surface area contributed by atoms with Gasteiger partial charge in [0.1, 0.15) is 23.4 Å². The number of aliphatic hydroxyl groups is 1. The SMILES string of the molecule is COc1ccc2nc(N3C(=O)C(=O)C(=C(O)c4ccc5c(c4)C[C@H](C)O5)[C@@H]3c3ccc(C(C)C)cc3)sc2c1. The van der Waals surface area contributed by atoms with E-state index in [-0.39, 0.29) is 17.4 Å². The molecule has 1 fully saturated rings. The Hall–Kier alpha value is -4.17. The summed E-state index contributed by atoms with van der Waals surface area (Å²) in [5.74, 6) is 0.0892. The first-order valence-corrected chi connectivity index (χ1v) is 13.7. The summed E-state index contributed by atoms with van der Waals surface area (Å²) in [5.41, 5.74) is 4.02. The van der Waals surface area contributed by atoms with E-state index in [4.69, 9.17) is 14.5 Å². The quantitative estimate of drug-likeness (QED) is 0.180. The minimum atomic E-state index is -0.836. The molecule has 2 aliphatic heterocycles. The Morgan fingerprint density at radius 2 is 1.87 bits per heavy atom. The van der Waals surface area contributed by atoms with Crippen molar-refractivity contribution in [3.63, 3.8) is 0 Å². The summed E-state index contributed by atoms with van der Waals surface area (Å²) in [6, 6.07) is 17.8. The minimum absolute atomic E-state index is 0.0418. The molecule has 0 saturated carbocycles. The van der Waals surface area contributed by atoms with Crippen LogP contribution in [0.25, 0.3) is 16.0 Å². The van der Waals surface area contributed by atoms with Gasteiger partial charge in [0.2, 0.25) is 0 Å². The van der Waals surface area contributed by atoms with Gasteiger partial charge in [0.15, 0.2) is 5.13 Å². The number of benzene rings is 3. The highest BCUT2D eigenvalue weighted by molar-refractivity contribution is 7.22. The molecule has 198 valence electrons. The number of carbonyl (C=O) groups is 2. The number of nitrogens with zero attached hydrogens (tertiary/aromatic N) is 2. The molecule has 0 bridgehead atoms. The number of amides is 1. The van der Waals surface area contributed by atoms with Crippen LogP contribution >= 0.6 is 11.3 Å². The van der Waals surface area contributed by atoms with Crippen LogP contribution in [0.15, 0.2) is 66.2 Å². The molecule has 0 aliphatic carbocycles. The van der Waals surface area contributed by atoms with Gasteiger partial charge in [-0.1, -0.05) is 49.4 Å². The zero-order valence-electron chi connectivity index (χ0n) is 22.1. The molecule has 39 heavy (non-hydrogen) atoms. The first-order chi connectivity index (χ1) is 18.7. The highest BCUT2D eigenvalue weighted by Crippen LogP contribution is 2.45. The average Bonchev–Trinajstić information content (AvgIpc) is 3.59. The smallest absolute Gasteiger partial charge is 0.301 e. The van der Waals surface area contributed by atoms with E-state index in [0.29, 0.717) is 34.3 Å². The molecule has 1 saturated heterocycles. The Bertz CT molecular complexity index is 1650. The largest absolute Gasteiger partial charge is 0.507 e. The number of fused-ring (bicyclic) bond motifs is 2. The second kappa shape index (κ2) is 9.54. The van der Waals surface area contributed by atoms with Crippen LogP contribution in [0.4, 0.5) is 5.13 Å². The highest BCUT2D eigenvalue weighted by atomic mass is 32.1. The number of aromatic nitrogens is 1. The van der Waals surface area contributed by atoms with Gasteiger partial charge >= 0.3 is 5.91 Å². The highest BCUT2D eigenvalue weighted by Gasteiger charge is 2.48. The number of hydrogen-bond acceptors (Lipinski definition) is 7. The molecular weight excluding hydrogens is 512 g/mol. The van der Waals surface area contributed by atoms with Crippen LogP contribution in [-0.2, 0) is 16.0 Å². The van der Waals surface area contributed by atoms with E-state index in [1.807, 2.05) is 49.4 Å². The normalized spacial score (nSPS) is 20.1. The van der Waals surface area contributed by atoms with Crippen LogP contribution in [-0.4, -0.2) is 35.0 Å². The number of thiazole rings is 1. The molecule has 4 aromatic rings. The van der Waals surface area contributed by atoms with Crippen LogP contribution in [0.2, 0.25) is 0 Å². The van der Waals surface area contributed by atoms with Crippen molar-refractivity contribution in [1.29, 1.82) is 0 Å². The van der Waals surface area contributed by atoms with Crippen molar-refractivity contribution in [3.8, 4) is 11.5 Å². The molecular formula is C31H28N2O5S. The monoisotopic (exact) mass is 540 g/mol. The second-order valence-corrected chi connectivity index (χ2v) is 11.3. The predicted molar refractivity (Wildman–Crippen MR) is 152 cm³/mol. The number of ether oxygens (including phenoxy) is 2.